The maximum absolute atomic E-state index is 13.9. The number of carbonyl (C=O) groups is 1. The highest BCUT2D eigenvalue weighted by molar-refractivity contribution is 5.92. The lowest BCUT2D eigenvalue weighted by molar-refractivity contribution is -0.312. The fourth-order valence-corrected chi connectivity index (χ4v) is 8.90. The van der Waals surface area contributed by atoms with Crippen LogP contribution in [0.2, 0.25) is 0 Å². The summed E-state index contributed by atoms with van der Waals surface area (Å²) >= 11 is 0. The van der Waals surface area contributed by atoms with Crippen molar-refractivity contribution in [2.75, 3.05) is 6.61 Å². The van der Waals surface area contributed by atoms with Crippen LogP contribution in [0.5, 0.6) is 0 Å². The molecule has 1 aliphatic heterocycles. The second kappa shape index (κ2) is 8.30. The van der Waals surface area contributed by atoms with E-state index in [1.54, 1.807) is 6.92 Å². The van der Waals surface area contributed by atoms with Gasteiger partial charge in [-0.05, 0) is 68.4 Å². The Balaban J connectivity index is 1.51. The molecule has 220 valence electrons. The second-order valence-corrected chi connectivity index (χ2v) is 15.2. The third kappa shape index (κ3) is 3.52. The van der Waals surface area contributed by atoms with Gasteiger partial charge in [0.25, 0.3) is 0 Å². The van der Waals surface area contributed by atoms with Gasteiger partial charge < -0.3 is 28.9 Å². The van der Waals surface area contributed by atoms with Crippen LogP contribution in [0.15, 0.2) is 27.8 Å². The number of aliphatic hydroxyl groups excluding tert-OH is 1. The summed E-state index contributed by atoms with van der Waals surface area (Å²) in [6, 6.07) is 0. The Bertz CT molecular complexity index is 1310. The Morgan fingerprint density at radius 1 is 1.18 bits per heavy atom. The van der Waals surface area contributed by atoms with E-state index in [1.807, 2.05) is 47.6 Å². The molecular formula is C32H45NO7. The van der Waals surface area contributed by atoms with Crippen LogP contribution >= 0.6 is 0 Å². The lowest BCUT2D eigenvalue weighted by Gasteiger charge is -2.55. The van der Waals surface area contributed by atoms with E-state index in [9.17, 15) is 15.0 Å². The molecule has 9 atom stereocenters. The topological polar surface area (TPSA) is 111 Å². The van der Waals surface area contributed by atoms with Crippen molar-refractivity contribution in [1.82, 2.24) is 5.16 Å². The number of fused-ring (bicyclic) bond motifs is 5. The number of carbonyl (C=O) groups excluding carboxylic acids is 1. The van der Waals surface area contributed by atoms with Crippen molar-refractivity contribution < 1.29 is 33.7 Å². The van der Waals surface area contributed by atoms with Crippen LogP contribution in [-0.2, 0) is 19.6 Å². The summed E-state index contributed by atoms with van der Waals surface area (Å²) in [6.45, 7) is 20.0. The largest absolute Gasteiger partial charge is 0.451 e. The van der Waals surface area contributed by atoms with Gasteiger partial charge in [-0.2, -0.15) is 0 Å². The van der Waals surface area contributed by atoms with Gasteiger partial charge in [-0.3, -0.25) is 0 Å². The highest BCUT2D eigenvalue weighted by Gasteiger charge is 2.77. The van der Waals surface area contributed by atoms with Crippen molar-refractivity contribution in [1.29, 1.82) is 0 Å². The van der Waals surface area contributed by atoms with Crippen LogP contribution in [0.1, 0.15) is 90.5 Å². The highest BCUT2D eigenvalue weighted by Crippen LogP contribution is 2.73. The van der Waals surface area contributed by atoms with Crippen LogP contribution < -0.4 is 0 Å². The average Bonchev–Trinajstić information content (AvgIpc) is 3.10. The number of nitrogens with zero attached hydrogens (tertiary/aromatic N) is 1. The number of aliphatic hydroxyl groups is 2. The number of rotatable bonds is 2. The van der Waals surface area contributed by atoms with Gasteiger partial charge in [-0.15, -0.1) is 0 Å². The molecule has 3 fully saturated rings. The Labute approximate surface area is 237 Å². The summed E-state index contributed by atoms with van der Waals surface area (Å²) in [5, 5.41) is 29.8. The molecule has 0 radical (unpaired) electrons. The van der Waals surface area contributed by atoms with Crippen LogP contribution in [0.4, 0.5) is 0 Å². The van der Waals surface area contributed by atoms with E-state index in [4.69, 9.17) is 18.7 Å². The van der Waals surface area contributed by atoms with Crippen molar-refractivity contribution in [3.05, 3.63) is 40.3 Å². The molecule has 2 bridgehead atoms. The molecular weight excluding hydrogens is 510 g/mol. The molecule has 40 heavy (non-hydrogen) atoms. The van der Waals surface area contributed by atoms with Gasteiger partial charge >= 0.3 is 5.97 Å². The van der Waals surface area contributed by atoms with Gasteiger partial charge in [0, 0.05) is 11.3 Å². The third-order valence-corrected chi connectivity index (χ3v) is 10.9. The predicted molar refractivity (Wildman–Crippen MR) is 147 cm³/mol. The molecule has 6 rings (SSSR count). The third-order valence-electron chi connectivity index (χ3n) is 10.9. The van der Waals surface area contributed by atoms with E-state index in [-0.39, 0.29) is 35.3 Å². The second-order valence-electron chi connectivity index (χ2n) is 15.2. The number of aromatic nitrogens is 1. The Morgan fingerprint density at radius 2 is 1.85 bits per heavy atom. The van der Waals surface area contributed by atoms with Gasteiger partial charge in [0.1, 0.15) is 28.7 Å². The normalized spacial score (nSPS) is 42.9. The fourth-order valence-electron chi connectivity index (χ4n) is 8.90. The summed E-state index contributed by atoms with van der Waals surface area (Å²) in [5.74, 6) is -0.801. The van der Waals surface area contributed by atoms with E-state index in [0.29, 0.717) is 22.9 Å². The molecule has 1 saturated heterocycles. The van der Waals surface area contributed by atoms with Gasteiger partial charge in [0.15, 0.2) is 11.9 Å². The molecule has 2 heterocycles. The Hall–Kier alpha value is -2.00. The molecule has 1 unspecified atom stereocenters. The average molecular weight is 556 g/mol. The Morgan fingerprint density at radius 3 is 2.50 bits per heavy atom. The minimum absolute atomic E-state index is 0.0879. The molecule has 2 N–H and O–H groups in total. The number of aryl methyl sites for hydroxylation is 1. The molecule has 8 nitrogen and oxygen atoms in total. The molecule has 1 spiro atoms. The summed E-state index contributed by atoms with van der Waals surface area (Å²) in [6.07, 6.45) is 2.18. The van der Waals surface area contributed by atoms with Crippen LogP contribution in [0, 0.1) is 41.4 Å². The summed E-state index contributed by atoms with van der Waals surface area (Å²) in [4.78, 5) is 13.9. The van der Waals surface area contributed by atoms with E-state index in [1.165, 1.54) is 0 Å². The molecule has 4 aliphatic carbocycles. The molecule has 1 aromatic rings. The van der Waals surface area contributed by atoms with E-state index in [2.05, 4.69) is 32.0 Å². The Kier molecular flexibility index (Phi) is 5.84. The zero-order valence-corrected chi connectivity index (χ0v) is 25.5. The van der Waals surface area contributed by atoms with E-state index >= 15 is 0 Å². The van der Waals surface area contributed by atoms with Gasteiger partial charge in [-0.25, -0.2) is 4.79 Å². The zero-order valence-electron chi connectivity index (χ0n) is 25.5. The van der Waals surface area contributed by atoms with Crippen molar-refractivity contribution in [2.24, 2.45) is 34.5 Å². The first-order valence-corrected chi connectivity index (χ1v) is 14.7. The van der Waals surface area contributed by atoms with Gasteiger partial charge in [-0.1, -0.05) is 58.9 Å². The predicted octanol–water partition coefficient (Wildman–Crippen LogP) is 4.86. The lowest BCUT2D eigenvalue weighted by atomic mass is 9.58. The SMILES string of the molecule is CC1=C[C@]23C(O)[C@@H](C=C4COC(C)(C)O[C@H]4[C@]2(O)[C@H]1OC(=O)c1c(C(C)(C)C)noc1C)[C@H]1[C@@H](C[C@H]3C)C1(C)C. The van der Waals surface area contributed by atoms with E-state index in [0.717, 1.165) is 12.0 Å². The zero-order chi connectivity index (χ0) is 29.4. The molecule has 2 saturated carbocycles. The van der Waals surface area contributed by atoms with Crippen LogP contribution in [0.25, 0.3) is 0 Å². The molecule has 8 heteroatoms. The van der Waals surface area contributed by atoms with Crippen LogP contribution in [-0.4, -0.2) is 57.6 Å². The molecule has 0 aromatic carbocycles. The van der Waals surface area contributed by atoms with Crippen molar-refractivity contribution in [3.63, 3.8) is 0 Å². The van der Waals surface area contributed by atoms with Gasteiger partial charge in [0.2, 0.25) is 0 Å². The maximum atomic E-state index is 13.9. The summed E-state index contributed by atoms with van der Waals surface area (Å²) in [7, 11) is 0. The summed E-state index contributed by atoms with van der Waals surface area (Å²) in [5.41, 5.74) is -0.942. The fraction of sp³-hybridized carbons (Fsp3) is 0.750. The minimum atomic E-state index is -1.76. The summed E-state index contributed by atoms with van der Waals surface area (Å²) < 4.78 is 24.4. The molecule has 0 amide bonds. The lowest BCUT2D eigenvalue weighted by Crippen LogP contribution is -2.69. The monoisotopic (exact) mass is 555 g/mol. The number of ether oxygens (including phenoxy) is 3. The highest BCUT2D eigenvalue weighted by atomic mass is 16.7. The first kappa shape index (κ1) is 28.1. The molecule has 5 aliphatic rings. The standard InChI is InChI=1S/C32H45NO7/c1-15-13-31-16(2)11-20-22(29(20,7)8)19(24(31)34)12-18-14-37-30(9,10)39-26(18)32(31,36)25(15)38-27(35)21-17(3)40-33-23(21)28(4,5)6/h12-13,16,19-20,22,24-26,34,36H,11,14H2,1-10H3/t16-,19+,20-,22+,24?,25+,26-,31+,32-/m1/s1. The minimum Gasteiger partial charge on any atom is -0.451 e. The number of hydrogen-bond donors (Lipinski definition) is 2. The smallest absolute Gasteiger partial charge is 0.344 e. The molecule has 1 aromatic heterocycles. The quantitative estimate of drug-likeness (QED) is 0.393. The number of hydrogen-bond acceptors (Lipinski definition) is 8. The first-order valence-electron chi connectivity index (χ1n) is 14.7. The first-order chi connectivity index (χ1) is 18.4. The van der Waals surface area contributed by atoms with Gasteiger partial charge in [0.05, 0.1) is 18.1 Å². The maximum Gasteiger partial charge on any atom is 0.344 e. The van der Waals surface area contributed by atoms with Crippen molar-refractivity contribution in [2.45, 2.75) is 111 Å². The van der Waals surface area contributed by atoms with Crippen molar-refractivity contribution in [3.8, 4) is 0 Å². The van der Waals surface area contributed by atoms with Crippen molar-refractivity contribution >= 4 is 5.97 Å². The van der Waals surface area contributed by atoms with E-state index < -0.39 is 46.5 Å². The number of esters is 1. The van der Waals surface area contributed by atoms with Crippen LogP contribution in [0.3, 0.4) is 0 Å².